The molecule has 0 saturated heterocycles. The first kappa shape index (κ1) is 20.5. The van der Waals surface area contributed by atoms with Gasteiger partial charge < -0.3 is 25.1 Å². The number of benzene rings is 2. The van der Waals surface area contributed by atoms with Crippen molar-refractivity contribution >= 4 is 22.8 Å². The number of rotatable bonds is 9. The number of fused-ring (bicyclic) bond motifs is 1. The Morgan fingerprint density at radius 2 is 2.07 bits per heavy atom. The Morgan fingerprint density at radius 3 is 2.86 bits per heavy atom. The molecule has 7 heteroatoms. The lowest BCUT2D eigenvalue weighted by Gasteiger charge is -2.14. The number of para-hydroxylation sites is 1. The van der Waals surface area contributed by atoms with Crippen LogP contribution >= 0.6 is 0 Å². The highest BCUT2D eigenvalue weighted by atomic mass is 16.5. The summed E-state index contributed by atoms with van der Waals surface area (Å²) in [6.45, 7) is 5.37. The molecule has 2 aromatic carbocycles. The summed E-state index contributed by atoms with van der Waals surface area (Å²) < 4.78 is 11.2. The zero-order valence-electron chi connectivity index (χ0n) is 17.1. The lowest BCUT2D eigenvalue weighted by Crippen LogP contribution is -2.28. The number of ether oxygens (including phenoxy) is 2. The van der Waals surface area contributed by atoms with E-state index in [2.05, 4.69) is 34.4 Å². The number of aromatic nitrogens is 2. The van der Waals surface area contributed by atoms with E-state index in [9.17, 15) is 4.79 Å². The van der Waals surface area contributed by atoms with Crippen LogP contribution in [0.25, 0.3) is 11.0 Å². The second-order valence-electron chi connectivity index (χ2n) is 7.27. The number of hydrogen-bond acceptors (Lipinski definition) is 4. The van der Waals surface area contributed by atoms with Gasteiger partial charge in [0, 0.05) is 18.3 Å². The van der Waals surface area contributed by atoms with Crippen LogP contribution in [0.5, 0.6) is 11.5 Å². The van der Waals surface area contributed by atoms with Crippen LogP contribution in [0.4, 0.5) is 10.5 Å². The molecule has 0 saturated carbocycles. The SMILES string of the molecule is COc1ccc(NC(=O)NCc2cccc3[nH]cnc23)cc1OCCCC(C)C. The van der Waals surface area contributed by atoms with Gasteiger partial charge in [-0.1, -0.05) is 26.0 Å². The number of nitrogens with zero attached hydrogens (tertiary/aromatic N) is 1. The summed E-state index contributed by atoms with van der Waals surface area (Å²) in [6.07, 6.45) is 3.72. The van der Waals surface area contributed by atoms with Crippen molar-refractivity contribution in [2.45, 2.75) is 33.2 Å². The number of aromatic amines is 1. The molecule has 0 unspecified atom stereocenters. The molecule has 2 amide bonds. The summed E-state index contributed by atoms with van der Waals surface area (Å²) in [5.74, 6) is 1.91. The number of nitrogens with one attached hydrogen (secondary N) is 3. The minimum absolute atomic E-state index is 0.298. The van der Waals surface area contributed by atoms with Crippen LogP contribution < -0.4 is 20.1 Å². The molecule has 3 aromatic rings. The lowest BCUT2D eigenvalue weighted by atomic mass is 10.1. The van der Waals surface area contributed by atoms with Crippen LogP contribution in [-0.4, -0.2) is 29.7 Å². The maximum absolute atomic E-state index is 12.3. The lowest BCUT2D eigenvalue weighted by molar-refractivity contribution is 0.251. The van der Waals surface area contributed by atoms with E-state index in [1.54, 1.807) is 31.6 Å². The molecule has 0 bridgehead atoms. The van der Waals surface area contributed by atoms with E-state index in [1.807, 2.05) is 18.2 Å². The Kier molecular flexibility index (Phi) is 6.94. The summed E-state index contributed by atoms with van der Waals surface area (Å²) in [7, 11) is 1.60. The monoisotopic (exact) mass is 396 g/mol. The van der Waals surface area contributed by atoms with Gasteiger partial charge in [0.2, 0.25) is 0 Å². The van der Waals surface area contributed by atoms with Gasteiger partial charge in [-0.25, -0.2) is 9.78 Å². The van der Waals surface area contributed by atoms with Crippen LogP contribution in [0.2, 0.25) is 0 Å². The van der Waals surface area contributed by atoms with E-state index < -0.39 is 0 Å². The molecule has 0 fully saturated rings. The van der Waals surface area contributed by atoms with E-state index >= 15 is 0 Å². The molecule has 1 aromatic heterocycles. The second-order valence-corrected chi connectivity index (χ2v) is 7.27. The quantitative estimate of drug-likeness (QED) is 0.457. The number of H-pyrrole nitrogens is 1. The summed E-state index contributed by atoms with van der Waals surface area (Å²) in [4.78, 5) is 19.7. The van der Waals surface area contributed by atoms with E-state index in [-0.39, 0.29) is 6.03 Å². The van der Waals surface area contributed by atoms with Gasteiger partial charge in [-0.15, -0.1) is 0 Å². The Labute approximate surface area is 170 Å². The topological polar surface area (TPSA) is 88.3 Å². The third kappa shape index (κ3) is 5.63. The Bertz CT molecular complexity index is 952. The minimum Gasteiger partial charge on any atom is -0.493 e. The number of urea groups is 1. The predicted octanol–water partition coefficient (Wildman–Crippen LogP) is 4.71. The third-order valence-electron chi connectivity index (χ3n) is 4.58. The summed E-state index contributed by atoms with van der Waals surface area (Å²) in [5, 5.41) is 5.71. The number of methoxy groups -OCH3 is 1. The molecule has 3 rings (SSSR count). The van der Waals surface area contributed by atoms with E-state index in [0.717, 1.165) is 29.4 Å². The van der Waals surface area contributed by atoms with Crippen molar-refractivity contribution in [1.82, 2.24) is 15.3 Å². The highest BCUT2D eigenvalue weighted by Gasteiger charge is 2.10. The molecular formula is C22H28N4O3. The van der Waals surface area contributed by atoms with Crippen LogP contribution in [0.15, 0.2) is 42.7 Å². The molecule has 0 radical (unpaired) electrons. The molecule has 7 nitrogen and oxygen atoms in total. The fourth-order valence-corrected chi connectivity index (χ4v) is 3.06. The number of carbonyl (C=O) groups excluding carboxylic acids is 1. The number of anilines is 1. The van der Waals surface area contributed by atoms with Crippen molar-refractivity contribution in [3.05, 3.63) is 48.3 Å². The Balaban J connectivity index is 1.58. The van der Waals surface area contributed by atoms with Gasteiger partial charge in [-0.05, 0) is 42.5 Å². The summed E-state index contributed by atoms with van der Waals surface area (Å²) in [5.41, 5.74) is 3.39. The summed E-state index contributed by atoms with van der Waals surface area (Å²) >= 11 is 0. The van der Waals surface area contributed by atoms with Crippen molar-refractivity contribution in [2.75, 3.05) is 19.0 Å². The zero-order chi connectivity index (χ0) is 20.6. The average molecular weight is 396 g/mol. The second kappa shape index (κ2) is 9.82. The van der Waals surface area contributed by atoms with Crippen molar-refractivity contribution in [3.63, 3.8) is 0 Å². The van der Waals surface area contributed by atoms with E-state index in [0.29, 0.717) is 36.3 Å². The first-order chi connectivity index (χ1) is 14.1. The van der Waals surface area contributed by atoms with Crippen LogP contribution in [0, 0.1) is 5.92 Å². The number of amides is 2. The van der Waals surface area contributed by atoms with Crippen molar-refractivity contribution < 1.29 is 14.3 Å². The van der Waals surface area contributed by atoms with Crippen molar-refractivity contribution in [2.24, 2.45) is 5.92 Å². The molecule has 0 atom stereocenters. The molecule has 154 valence electrons. The average Bonchev–Trinajstić information content (AvgIpc) is 3.19. The zero-order valence-corrected chi connectivity index (χ0v) is 17.1. The van der Waals surface area contributed by atoms with E-state index in [4.69, 9.17) is 9.47 Å². The molecule has 0 aliphatic heterocycles. The molecular weight excluding hydrogens is 368 g/mol. The highest BCUT2D eigenvalue weighted by Crippen LogP contribution is 2.30. The molecule has 0 aliphatic carbocycles. The van der Waals surface area contributed by atoms with Gasteiger partial charge in [0.15, 0.2) is 11.5 Å². The molecule has 3 N–H and O–H groups in total. The Morgan fingerprint density at radius 1 is 1.21 bits per heavy atom. The number of imidazole rings is 1. The van der Waals surface area contributed by atoms with Crippen LogP contribution in [-0.2, 0) is 6.54 Å². The predicted molar refractivity (Wildman–Crippen MR) is 115 cm³/mol. The highest BCUT2D eigenvalue weighted by molar-refractivity contribution is 5.90. The fourth-order valence-electron chi connectivity index (χ4n) is 3.06. The van der Waals surface area contributed by atoms with Crippen molar-refractivity contribution in [1.29, 1.82) is 0 Å². The maximum atomic E-state index is 12.3. The smallest absolute Gasteiger partial charge is 0.319 e. The van der Waals surface area contributed by atoms with Gasteiger partial charge in [-0.2, -0.15) is 0 Å². The number of carbonyl (C=O) groups is 1. The summed E-state index contributed by atoms with van der Waals surface area (Å²) in [6, 6.07) is 10.9. The minimum atomic E-state index is -0.298. The molecule has 29 heavy (non-hydrogen) atoms. The van der Waals surface area contributed by atoms with E-state index in [1.165, 1.54) is 0 Å². The van der Waals surface area contributed by atoms with Gasteiger partial charge in [0.1, 0.15) is 0 Å². The van der Waals surface area contributed by atoms with Crippen LogP contribution in [0.3, 0.4) is 0 Å². The normalized spacial score (nSPS) is 10.9. The van der Waals surface area contributed by atoms with Gasteiger partial charge in [0.05, 0.1) is 31.1 Å². The van der Waals surface area contributed by atoms with Gasteiger partial charge >= 0.3 is 6.03 Å². The number of hydrogen-bond donors (Lipinski definition) is 3. The van der Waals surface area contributed by atoms with Gasteiger partial charge in [-0.3, -0.25) is 0 Å². The fraction of sp³-hybridized carbons (Fsp3) is 0.364. The first-order valence-electron chi connectivity index (χ1n) is 9.83. The first-order valence-corrected chi connectivity index (χ1v) is 9.83. The largest absolute Gasteiger partial charge is 0.493 e. The third-order valence-corrected chi connectivity index (χ3v) is 4.58. The maximum Gasteiger partial charge on any atom is 0.319 e. The Hall–Kier alpha value is -3.22. The molecule has 0 spiro atoms. The van der Waals surface area contributed by atoms with Crippen LogP contribution in [0.1, 0.15) is 32.3 Å². The standard InChI is InChI=1S/C22H28N4O3/c1-15(2)6-5-11-29-20-12-17(9-10-19(20)28-3)26-22(27)23-13-16-7-4-8-18-21(16)25-14-24-18/h4,7-10,12,14-15H,5-6,11,13H2,1-3H3,(H,24,25)(H2,23,26,27). The van der Waals surface area contributed by atoms with Crippen molar-refractivity contribution in [3.8, 4) is 11.5 Å². The van der Waals surface area contributed by atoms with Gasteiger partial charge in [0.25, 0.3) is 0 Å². The molecule has 1 heterocycles. The molecule has 0 aliphatic rings.